The van der Waals surface area contributed by atoms with Gasteiger partial charge in [-0.05, 0) is 25.5 Å². The fourth-order valence-corrected chi connectivity index (χ4v) is 3.35. The number of thioether (sulfide) groups is 1. The molecule has 0 atom stereocenters. The van der Waals surface area contributed by atoms with Gasteiger partial charge in [0.1, 0.15) is 0 Å². The Kier molecular flexibility index (Phi) is 7.98. The van der Waals surface area contributed by atoms with Crippen molar-refractivity contribution in [2.75, 3.05) is 38.6 Å². The SMILES string of the molecule is C=CCNC(=NCC1(SCC)CCOCC1)NCC. The topological polar surface area (TPSA) is 45.7 Å². The van der Waals surface area contributed by atoms with E-state index in [0.29, 0.717) is 0 Å². The van der Waals surface area contributed by atoms with E-state index in [9.17, 15) is 0 Å². The first-order valence-electron chi connectivity index (χ1n) is 7.11. The number of rotatable bonds is 7. The fraction of sp³-hybridized carbons (Fsp3) is 0.786. The van der Waals surface area contributed by atoms with E-state index >= 15 is 0 Å². The van der Waals surface area contributed by atoms with Crippen molar-refractivity contribution >= 4 is 17.7 Å². The van der Waals surface area contributed by atoms with Gasteiger partial charge in [0.15, 0.2) is 5.96 Å². The van der Waals surface area contributed by atoms with Crippen molar-refractivity contribution in [3.05, 3.63) is 12.7 Å². The van der Waals surface area contributed by atoms with Crippen molar-refractivity contribution in [1.82, 2.24) is 10.6 Å². The molecule has 110 valence electrons. The van der Waals surface area contributed by atoms with E-state index < -0.39 is 0 Å². The van der Waals surface area contributed by atoms with Crippen LogP contribution in [0.25, 0.3) is 0 Å². The molecular formula is C14H27N3OS. The van der Waals surface area contributed by atoms with Gasteiger partial charge in [0, 0.05) is 31.1 Å². The molecule has 1 heterocycles. The van der Waals surface area contributed by atoms with Crippen LogP contribution in [0.5, 0.6) is 0 Å². The van der Waals surface area contributed by atoms with E-state index in [-0.39, 0.29) is 4.75 Å². The lowest BCUT2D eigenvalue weighted by Crippen LogP contribution is -2.41. The van der Waals surface area contributed by atoms with Crippen LogP contribution in [-0.4, -0.2) is 49.3 Å². The summed E-state index contributed by atoms with van der Waals surface area (Å²) in [6, 6.07) is 0. The molecule has 0 radical (unpaired) electrons. The van der Waals surface area contributed by atoms with Crippen molar-refractivity contribution in [2.45, 2.75) is 31.4 Å². The Morgan fingerprint density at radius 1 is 1.37 bits per heavy atom. The van der Waals surface area contributed by atoms with Crippen LogP contribution in [0.15, 0.2) is 17.6 Å². The van der Waals surface area contributed by atoms with E-state index in [1.165, 1.54) is 0 Å². The molecule has 0 bridgehead atoms. The quantitative estimate of drug-likeness (QED) is 0.427. The molecule has 1 fully saturated rings. The van der Waals surface area contributed by atoms with Crippen LogP contribution < -0.4 is 10.6 Å². The predicted octanol–water partition coefficient (Wildman–Crippen LogP) is 2.03. The molecule has 1 aliphatic rings. The van der Waals surface area contributed by atoms with Crippen molar-refractivity contribution in [1.29, 1.82) is 0 Å². The second kappa shape index (κ2) is 9.26. The monoisotopic (exact) mass is 285 g/mol. The fourth-order valence-electron chi connectivity index (χ4n) is 2.13. The summed E-state index contributed by atoms with van der Waals surface area (Å²) >= 11 is 2.02. The van der Waals surface area contributed by atoms with Crippen molar-refractivity contribution in [3.63, 3.8) is 0 Å². The number of nitrogens with one attached hydrogen (secondary N) is 2. The Bertz CT molecular complexity index is 283. The molecule has 1 rings (SSSR count). The number of nitrogens with zero attached hydrogens (tertiary/aromatic N) is 1. The minimum Gasteiger partial charge on any atom is -0.381 e. The Morgan fingerprint density at radius 3 is 2.68 bits per heavy atom. The first kappa shape index (κ1) is 16.4. The van der Waals surface area contributed by atoms with Crippen LogP contribution in [0.3, 0.4) is 0 Å². The number of aliphatic imine (C=N–C) groups is 1. The molecule has 0 aromatic heterocycles. The van der Waals surface area contributed by atoms with Crippen LogP contribution in [0.1, 0.15) is 26.7 Å². The molecule has 1 saturated heterocycles. The van der Waals surface area contributed by atoms with Gasteiger partial charge >= 0.3 is 0 Å². The minimum atomic E-state index is 0.254. The number of guanidine groups is 1. The zero-order valence-corrected chi connectivity index (χ0v) is 13.0. The average molecular weight is 285 g/mol. The third-order valence-corrected chi connectivity index (χ3v) is 4.58. The molecule has 0 aromatic carbocycles. The Labute approximate surface area is 121 Å². The normalized spacial score (nSPS) is 18.9. The van der Waals surface area contributed by atoms with E-state index in [4.69, 9.17) is 9.73 Å². The maximum atomic E-state index is 5.48. The molecule has 19 heavy (non-hydrogen) atoms. The van der Waals surface area contributed by atoms with Crippen molar-refractivity contribution in [3.8, 4) is 0 Å². The second-order valence-electron chi connectivity index (χ2n) is 4.59. The van der Waals surface area contributed by atoms with Gasteiger partial charge in [0.05, 0.1) is 6.54 Å². The molecule has 5 heteroatoms. The number of hydrogen-bond donors (Lipinski definition) is 2. The third kappa shape index (κ3) is 5.87. The molecule has 0 amide bonds. The summed E-state index contributed by atoms with van der Waals surface area (Å²) in [5.74, 6) is 2.01. The molecule has 1 aliphatic heterocycles. The summed E-state index contributed by atoms with van der Waals surface area (Å²) < 4.78 is 5.74. The first-order chi connectivity index (χ1) is 9.26. The molecule has 0 unspecified atom stereocenters. The molecule has 0 spiro atoms. The molecule has 2 N–H and O–H groups in total. The maximum absolute atomic E-state index is 5.48. The average Bonchev–Trinajstić information content (AvgIpc) is 2.43. The standard InChI is InChI=1S/C14H27N3OS/c1-4-9-16-13(15-5-2)17-12-14(19-6-3)7-10-18-11-8-14/h4H,1,5-12H2,2-3H3,(H2,15,16,17). The van der Waals surface area contributed by atoms with Gasteiger partial charge in [0.25, 0.3) is 0 Å². The Balaban J connectivity index is 2.61. The molecule has 0 aliphatic carbocycles. The molecule has 4 nitrogen and oxygen atoms in total. The Hall–Kier alpha value is -0.680. The van der Waals surface area contributed by atoms with Gasteiger partial charge in [0.2, 0.25) is 0 Å². The highest BCUT2D eigenvalue weighted by molar-refractivity contribution is 8.00. The second-order valence-corrected chi connectivity index (χ2v) is 6.33. The third-order valence-electron chi connectivity index (χ3n) is 3.14. The van der Waals surface area contributed by atoms with Gasteiger partial charge in [-0.25, -0.2) is 0 Å². The summed E-state index contributed by atoms with van der Waals surface area (Å²) in [4.78, 5) is 4.74. The van der Waals surface area contributed by atoms with Crippen LogP contribution in [0, 0.1) is 0 Å². The Morgan fingerprint density at radius 2 is 2.11 bits per heavy atom. The highest BCUT2D eigenvalue weighted by atomic mass is 32.2. The van der Waals surface area contributed by atoms with Crippen LogP contribution in [-0.2, 0) is 4.74 Å². The van der Waals surface area contributed by atoms with E-state index in [1.807, 2.05) is 17.8 Å². The largest absolute Gasteiger partial charge is 0.381 e. The summed E-state index contributed by atoms with van der Waals surface area (Å²) in [6.07, 6.45) is 4.03. The van der Waals surface area contributed by atoms with Crippen molar-refractivity contribution < 1.29 is 4.74 Å². The van der Waals surface area contributed by atoms with E-state index in [2.05, 4.69) is 31.1 Å². The van der Waals surface area contributed by atoms with Crippen molar-refractivity contribution in [2.24, 2.45) is 4.99 Å². The van der Waals surface area contributed by atoms with Gasteiger partial charge < -0.3 is 15.4 Å². The number of hydrogen-bond acceptors (Lipinski definition) is 3. The van der Waals surface area contributed by atoms with Gasteiger partial charge in [-0.15, -0.1) is 6.58 Å². The highest BCUT2D eigenvalue weighted by Crippen LogP contribution is 2.35. The molecular weight excluding hydrogens is 258 g/mol. The van der Waals surface area contributed by atoms with E-state index in [1.54, 1.807) is 0 Å². The van der Waals surface area contributed by atoms with Gasteiger partial charge in [-0.3, -0.25) is 4.99 Å². The predicted molar refractivity (Wildman–Crippen MR) is 85.1 cm³/mol. The first-order valence-corrected chi connectivity index (χ1v) is 8.09. The summed E-state index contributed by atoms with van der Waals surface area (Å²) in [6.45, 7) is 12.2. The van der Waals surface area contributed by atoms with Crippen LogP contribution in [0.4, 0.5) is 0 Å². The summed E-state index contributed by atoms with van der Waals surface area (Å²) in [5, 5.41) is 6.52. The lowest BCUT2D eigenvalue weighted by molar-refractivity contribution is 0.0793. The minimum absolute atomic E-state index is 0.254. The summed E-state index contributed by atoms with van der Waals surface area (Å²) in [5.41, 5.74) is 0. The zero-order valence-electron chi connectivity index (χ0n) is 12.2. The maximum Gasteiger partial charge on any atom is 0.191 e. The van der Waals surface area contributed by atoms with E-state index in [0.717, 1.165) is 57.4 Å². The van der Waals surface area contributed by atoms with Crippen LogP contribution >= 0.6 is 11.8 Å². The summed E-state index contributed by atoms with van der Waals surface area (Å²) in [7, 11) is 0. The highest BCUT2D eigenvalue weighted by Gasteiger charge is 2.32. The smallest absolute Gasteiger partial charge is 0.191 e. The molecule has 0 aromatic rings. The zero-order chi connectivity index (χ0) is 14.0. The van der Waals surface area contributed by atoms with Gasteiger partial charge in [-0.2, -0.15) is 11.8 Å². The lowest BCUT2D eigenvalue weighted by Gasteiger charge is -2.35. The molecule has 0 saturated carbocycles. The van der Waals surface area contributed by atoms with Crippen LogP contribution in [0.2, 0.25) is 0 Å². The number of ether oxygens (including phenoxy) is 1. The van der Waals surface area contributed by atoms with Gasteiger partial charge in [-0.1, -0.05) is 13.0 Å². The lowest BCUT2D eigenvalue weighted by atomic mass is 9.99.